The maximum absolute atomic E-state index is 12.5. The maximum atomic E-state index is 12.5. The molecule has 0 aliphatic carbocycles. The number of carbonyl (C=O) groups excluding carboxylic acids is 2. The largest absolute Gasteiger partial charge is 0.326 e. The second-order valence-electron chi connectivity index (χ2n) is 7.20. The molecule has 1 heterocycles. The molecule has 7 heteroatoms. The van der Waals surface area contributed by atoms with Gasteiger partial charge in [-0.2, -0.15) is 5.10 Å². The molecular formula is C23H24N4O3. The lowest BCUT2D eigenvalue weighted by atomic mass is 10.1. The summed E-state index contributed by atoms with van der Waals surface area (Å²) in [5.41, 5.74) is 4.32. The van der Waals surface area contributed by atoms with Crippen molar-refractivity contribution in [1.29, 1.82) is 0 Å². The number of rotatable bonds is 6. The lowest BCUT2D eigenvalue weighted by molar-refractivity contribution is -0.116. The van der Waals surface area contributed by atoms with Crippen LogP contribution in [-0.2, 0) is 11.3 Å². The highest BCUT2D eigenvalue weighted by molar-refractivity contribution is 6.02. The minimum atomic E-state index is -0.422. The van der Waals surface area contributed by atoms with E-state index >= 15 is 0 Å². The number of aromatic nitrogens is 2. The van der Waals surface area contributed by atoms with Crippen molar-refractivity contribution in [3.05, 3.63) is 87.3 Å². The molecule has 0 aliphatic heterocycles. The van der Waals surface area contributed by atoms with Gasteiger partial charge in [0.15, 0.2) is 0 Å². The van der Waals surface area contributed by atoms with Gasteiger partial charge in [-0.3, -0.25) is 14.4 Å². The summed E-state index contributed by atoms with van der Waals surface area (Å²) >= 11 is 0. The van der Waals surface area contributed by atoms with Crippen molar-refractivity contribution in [2.75, 3.05) is 10.6 Å². The molecule has 0 bridgehead atoms. The van der Waals surface area contributed by atoms with Crippen molar-refractivity contribution in [2.45, 2.75) is 33.7 Å². The van der Waals surface area contributed by atoms with Crippen molar-refractivity contribution in [3.63, 3.8) is 0 Å². The van der Waals surface area contributed by atoms with Crippen LogP contribution in [0.15, 0.2) is 59.4 Å². The maximum Gasteiger partial charge on any atom is 0.276 e. The minimum Gasteiger partial charge on any atom is -0.326 e. The Labute approximate surface area is 174 Å². The van der Waals surface area contributed by atoms with Gasteiger partial charge in [0.1, 0.15) is 5.69 Å². The Bertz CT molecular complexity index is 1150. The van der Waals surface area contributed by atoms with Gasteiger partial charge in [0.2, 0.25) is 5.91 Å². The number of hydrogen-bond donors (Lipinski definition) is 2. The quantitative estimate of drug-likeness (QED) is 0.658. The number of hydrogen-bond acceptors (Lipinski definition) is 4. The average molecular weight is 404 g/mol. The highest BCUT2D eigenvalue weighted by atomic mass is 16.2. The molecule has 0 fully saturated rings. The van der Waals surface area contributed by atoms with Crippen LogP contribution >= 0.6 is 0 Å². The summed E-state index contributed by atoms with van der Waals surface area (Å²) in [6.45, 7) is 5.97. The van der Waals surface area contributed by atoms with Crippen molar-refractivity contribution in [2.24, 2.45) is 0 Å². The van der Waals surface area contributed by atoms with Gasteiger partial charge in [0, 0.05) is 23.9 Å². The summed E-state index contributed by atoms with van der Waals surface area (Å²) in [6.07, 6.45) is 0.0583. The van der Waals surface area contributed by atoms with Crippen LogP contribution in [0, 0.1) is 20.8 Å². The number of anilines is 2. The fourth-order valence-electron chi connectivity index (χ4n) is 2.90. The molecule has 0 radical (unpaired) electrons. The zero-order valence-electron chi connectivity index (χ0n) is 17.2. The van der Waals surface area contributed by atoms with Crippen molar-refractivity contribution in [1.82, 2.24) is 9.78 Å². The third kappa shape index (κ3) is 5.41. The summed E-state index contributed by atoms with van der Waals surface area (Å²) in [5.74, 6) is -0.657. The lowest BCUT2D eigenvalue weighted by Crippen LogP contribution is -2.28. The second kappa shape index (κ2) is 9.17. The molecule has 0 saturated heterocycles. The number of amides is 2. The molecule has 154 valence electrons. The molecule has 3 aromatic rings. The molecule has 0 spiro atoms. The van der Waals surface area contributed by atoms with Crippen LogP contribution in [0.3, 0.4) is 0 Å². The molecular weight excluding hydrogens is 380 g/mol. The molecule has 0 aliphatic rings. The zero-order chi connectivity index (χ0) is 21.7. The summed E-state index contributed by atoms with van der Waals surface area (Å²) in [5, 5.41) is 9.68. The number of benzene rings is 2. The van der Waals surface area contributed by atoms with Crippen LogP contribution in [0.1, 0.15) is 33.6 Å². The predicted octanol–water partition coefficient (Wildman–Crippen LogP) is 3.45. The summed E-state index contributed by atoms with van der Waals surface area (Å²) < 4.78 is 1.13. The Morgan fingerprint density at radius 2 is 1.67 bits per heavy atom. The van der Waals surface area contributed by atoms with E-state index in [-0.39, 0.29) is 30.1 Å². The molecule has 30 heavy (non-hydrogen) atoms. The first-order valence-corrected chi connectivity index (χ1v) is 9.65. The number of nitrogens with one attached hydrogen (secondary N) is 2. The molecule has 3 rings (SSSR count). The zero-order valence-corrected chi connectivity index (χ0v) is 17.2. The number of aryl methyl sites for hydroxylation is 4. The number of nitrogens with zero attached hydrogens (tertiary/aromatic N) is 2. The average Bonchev–Trinajstić information content (AvgIpc) is 2.70. The van der Waals surface area contributed by atoms with Crippen LogP contribution in [0.4, 0.5) is 11.4 Å². The summed E-state index contributed by atoms with van der Waals surface area (Å²) in [6, 6.07) is 15.7. The topological polar surface area (TPSA) is 93.1 Å². The van der Waals surface area contributed by atoms with Crippen molar-refractivity contribution < 1.29 is 9.59 Å². The first-order valence-electron chi connectivity index (χ1n) is 9.65. The molecule has 1 aromatic heterocycles. The van der Waals surface area contributed by atoms with Gasteiger partial charge in [0.25, 0.3) is 11.5 Å². The van der Waals surface area contributed by atoms with Crippen molar-refractivity contribution >= 4 is 23.2 Å². The van der Waals surface area contributed by atoms with E-state index in [1.54, 1.807) is 6.07 Å². The number of carbonyl (C=O) groups is 2. The van der Waals surface area contributed by atoms with Gasteiger partial charge < -0.3 is 10.6 Å². The Morgan fingerprint density at radius 1 is 0.900 bits per heavy atom. The van der Waals surface area contributed by atoms with E-state index in [0.29, 0.717) is 11.4 Å². The van der Waals surface area contributed by atoms with Gasteiger partial charge in [-0.05, 0) is 67.8 Å². The van der Waals surface area contributed by atoms with Gasteiger partial charge >= 0.3 is 0 Å². The Hall–Kier alpha value is -3.74. The van der Waals surface area contributed by atoms with Crippen LogP contribution in [-0.4, -0.2) is 21.6 Å². The summed E-state index contributed by atoms with van der Waals surface area (Å²) in [7, 11) is 0. The normalized spacial score (nSPS) is 10.5. The second-order valence-corrected chi connectivity index (χ2v) is 7.20. The molecule has 2 N–H and O–H groups in total. The first-order chi connectivity index (χ1) is 14.3. The Morgan fingerprint density at radius 3 is 2.40 bits per heavy atom. The van der Waals surface area contributed by atoms with Gasteiger partial charge in [0.05, 0.1) is 6.54 Å². The fraction of sp³-hybridized carbons (Fsp3) is 0.217. The Balaban J connectivity index is 1.64. The highest BCUT2D eigenvalue weighted by Crippen LogP contribution is 2.14. The first kappa shape index (κ1) is 21.0. The third-order valence-electron chi connectivity index (χ3n) is 4.72. The Kier molecular flexibility index (Phi) is 6.41. The van der Waals surface area contributed by atoms with E-state index in [2.05, 4.69) is 15.7 Å². The molecule has 0 atom stereocenters. The van der Waals surface area contributed by atoms with Crippen LogP contribution in [0.2, 0.25) is 0 Å². The highest BCUT2D eigenvalue weighted by Gasteiger charge is 2.11. The molecule has 7 nitrogen and oxygen atoms in total. The van der Waals surface area contributed by atoms with E-state index < -0.39 is 5.91 Å². The third-order valence-corrected chi connectivity index (χ3v) is 4.72. The predicted molar refractivity (Wildman–Crippen MR) is 117 cm³/mol. The van der Waals surface area contributed by atoms with Crippen LogP contribution in [0.5, 0.6) is 0 Å². The van der Waals surface area contributed by atoms with E-state index in [1.165, 1.54) is 12.1 Å². The van der Waals surface area contributed by atoms with Gasteiger partial charge in [-0.1, -0.05) is 18.2 Å². The SMILES string of the molecule is Cc1cccc(NC(=O)c2ccc(=O)n(CCC(=O)Nc3ccc(C)c(C)c3)n2)c1. The van der Waals surface area contributed by atoms with Gasteiger partial charge in [-0.25, -0.2) is 4.68 Å². The van der Waals surface area contributed by atoms with Crippen LogP contribution < -0.4 is 16.2 Å². The minimum absolute atomic E-state index is 0.0583. The smallest absolute Gasteiger partial charge is 0.276 e. The standard InChI is InChI=1S/C23H24N4O3/c1-15-5-4-6-18(13-15)25-23(30)20-9-10-22(29)27(26-20)12-11-21(28)24-19-8-7-16(2)17(3)14-19/h4-10,13-14H,11-12H2,1-3H3,(H,24,28)(H,25,30). The monoisotopic (exact) mass is 404 g/mol. The molecule has 2 aromatic carbocycles. The summed E-state index contributed by atoms with van der Waals surface area (Å²) in [4.78, 5) is 36.8. The van der Waals surface area contributed by atoms with E-state index in [1.807, 2.05) is 57.2 Å². The molecule has 0 saturated carbocycles. The fourth-order valence-corrected chi connectivity index (χ4v) is 2.90. The van der Waals surface area contributed by atoms with Crippen LogP contribution in [0.25, 0.3) is 0 Å². The van der Waals surface area contributed by atoms with Gasteiger partial charge in [-0.15, -0.1) is 0 Å². The van der Waals surface area contributed by atoms with E-state index in [0.717, 1.165) is 21.4 Å². The van der Waals surface area contributed by atoms with E-state index in [9.17, 15) is 14.4 Å². The molecule has 0 unspecified atom stereocenters. The van der Waals surface area contributed by atoms with Crippen molar-refractivity contribution in [3.8, 4) is 0 Å². The molecule has 2 amide bonds. The lowest BCUT2D eigenvalue weighted by Gasteiger charge is -2.10. The van der Waals surface area contributed by atoms with E-state index in [4.69, 9.17) is 0 Å².